The van der Waals surface area contributed by atoms with Crippen molar-refractivity contribution < 1.29 is 40.3 Å². The number of rotatable bonds is 1. The van der Waals surface area contributed by atoms with E-state index in [0.29, 0.717) is 0 Å². The Morgan fingerprint density at radius 1 is 1.09 bits per heavy atom. The molecule has 1 aliphatic heterocycles. The summed E-state index contributed by atoms with van der Waals surface area (Å²) < 4.78 is 94.9. The summed E-state index contributed by atoms with van der Waals surface area (Å²) in [7, 11) is 0. The summed E-state index contributed by atoms with van der Waals surface area (Å²) in [5.74, 6) is -1.69. The van der Waals surface area contributed by atoms with Crippen LogP contribution in [0.25, 0.3) is 0 Å². The first-order chi connectivity index (χ1) is 10.00. The van der Waals surface area contributed by atoms with E-state index >= 15 is 0 Å². The molecule has 2 rings (SSSR count). The third-order valence-corrected chi connectivity index (χ3v) is 3.04. The molecule has 11 heteroatoms. The Morgan fingerprint density at radius 3 is 2.17 bits per heavy atom. The summed E-state index contributed by atoms with van der Waals surface area (Å²) in [5.41, 5.74) is -4.55. The predicted octanol–water partition coefficient (Wildman–Crippen LogP) is 4.46. The maximum absolute atomic E-state index is 13.9. The third-order valence-electron chi connectivity index (χ3n) is 3.04. The number of ether oxygens (including phenoxy) is 1. The molecule has 0 unspecified atom stereocenters. The highest BCUT2D eigenvalue weighted by atomic mass is 35.5. The van der Waals surface area contributed by atoms with Crippen molar-refractivity contribution >= 4 is 18.5 Å². The molecule has 0 spiro atoms. The monoisotopic (exact) mass is 367 g/mol. The molecule has 0 aliphatic carbocycles. The molecule has 1 N–H and O–H groups in total. The van der Waals surface area contributed by atoms with E-state index < -0.39 is 47.0 Å². The minimum absolute atomic E-state index is 0. The average Bonchev–Trinajstić information content (AvgIpc) is 2.35. The lowest BCUT2D eigenvalue weighted by Gasteiger charge is -2.27. The summed E-state index contributed by atoms with van der Waals surface area (Å²) in [6.07, 6.45) is -11.6. The zero-order valence-corrected chi connectivity index (χ0v) is 11.8. The molecule has 3 nitrogen and oxygen atoms in total. The van der Waals surface area contributed by atoms with Crippen LogP contribution in [0.1, 0.15) is 29.2 Å². The number of alkyl carbamates (subject to hydrolysis) is 1. The Bertz CT molecular complexity index is 600. The molecule has 1 aromatic rings. The number of cyclic esters (lactones) is 1. The van der Waals surface area contributed by atoms with Gasteiger partial charge < -0.3 is 10.1 Å². The van der Waals surface area contributed by atoms with E-state index in [1.807, 2.05) is 5.32 Å². The van der Waals surface area contributed by atoms with Crippen LogP contribution in [-0.2, 0) is 17.1 Å². The Morgan fingerprint density at radius 2 is 1.70 bits per heavy atom. The molecular weight excluding hydrogens is 359 g/mol. The van der Waals surface area contributed by atoms with Crippen LogP contribution in [-0.4, -0.2) is 12.7 Å². The van der Waals surface area contributed by atoms with Gasteiger partial charge in [0.05, 0.1) is 23.8 Å². The molecule has 1 atom stereocenters. The zero-order chi connectivity index (χ0) is 16.7. The fraction of sp³-hybridized carbons (Fsp3) is 0.417. The minimum Gasteiger partial charge on any atom is -0.449 e. The fourth-order valence-electron chi connectivity index (χ4n) is 2.11. The van der Waals surface area contributed by atoms with Gasteiger partial charge >= 0.3 is 18.4 Å². The minimum atomic E-state index is -5.21. The maximum Gasteiger partial charge on any atom is 0.416 e. The Labute approximate surface area is 131 Å². The second kappa shape index (κ2) is 6.42. The van der Waals surface area contributed by atoms with Crippen molar-refractivity contribution in [3.63, 3.8) is 0 Å². The molecule has 1 aliphatic rings. The van der Waals surface area contributed by atoms with Crippen LogP contribution in [0.2, 0.25) is 0 Å². The Balaban J connectivity index is 0.00000264. The summed E-state index contributed by atoms with van der Waals surface area (Å²) >= 11 is 0. The van der Waals surface area contributed by atoms with Gasteiger partial charge in [0.15, 0.2) is 0 Å². The smallest absolute Gasteiger partial charge is 0.416 e. The number of nitrogens with one attached hydrogen (secondary N) is 1. The van der Waals surface area contributed by atoms with Gasteiger partial charge in [-0.2, -0.15) is 26.3 Å². The second-order valence-corrected chi connectivity index (χ2v) is 4.54. The van der Waals surface area contributed by atoms with Gasteiger partial charge in [-0.25, -0.2) is 9.18 Å². The number of hydrogen-bond donors (Lipinski definition) is 1. The number of hydrogen-bond acceptors (Lipinski definition) is 2. The van der Waals surface area contributed by atoms with Gasteiger partial charge in [-0.15, -0.1) is 12.4 Å². The number of benzene rings is 1. The second-order valence-electron chi connectivity index (χ2n) is 4.54. The first-order valence-corrected chi connectivity index (χ1v) is 5.91. The molecule has 23 heavy (non-hydrogen) atoms. The van der Waals surface area contributed by atoms with Crippen molar-refractivity contribution in [3.8, 4) is 0 Å². The summed E-state index contributed by atoms with van der Waals surface area (Å²) in [6.45, 7) is -0.270. The number of carbonyl (C=O) groups excluding carboxylic acids is 1. The van der Waals surface area contributed by atoms with Crippen molar-refractivity contribution in [1.29, 1.82) is 0 Å². The van der Waals surface area contributed by atoms with Crippen molar-refractivity contribution in [2.75, 3.05) is 6.61 Å². The number of halogens is 8. The van der Waals surface area contributed by atoms with Gasteiger partial charge in [-0.1, -0.05) is 0 Å². The Kier molecular flexibility index (Phi) is 5.40. The molecule has 0 aromatic heterocycles. The standard InChI is InChI=1S/C12H8F7NO2.ClH/c13-7-4-5(11(14,15)16)3-6(12(17,18)19)9(7)8-1-2-22-10(21)20-8;/h3-4,8H,1-2H2,(H,20,21);1H/t8-;/m1./s1. The Hall–Kier alpha value is -1.71. The first kappa shape index (κ1) is 19.3. The van der Waals surface area contributed by atoms with Crippen LogP contribution in [0.15, 0.2) is 12.1 Å². The zero-order valence-electron chi connectivity index (χ0n) is 11.0. The lowest BCUT2D eigenvalue weighted by Crippen LogP contribution is -2.37. The average molecular weight is 368 g/mol. The lowest BCUT2D eigenvalue weighted by molar-refractivity contribution is -0.144. The van der Waals surface area contributed by atoms with Crippen LogP contribution in [0.4, 0.5) is 35.5 Å². The lowest BCUT2D eigenvalue weighted by atomic mass is 9.94. The molecule has 0 radical (unpaired) electrons. The normalized spacial score (nSPS) is 18.7. The molecule has 1 saturated heterocycles. The fourth-order valence-corrected chi connectivity index (χ4v) is 2.11. The molecule has 1 heterocycles. The van der Waals surface area contributed by atoms with E-state index in [1.165, 1.54) is 0 Å². The van der Waals surface area contributed by atoms with E-state index in [-0.39, 0.29) is 37.6 Å². The third kappa shape index (κ3) is 4.18. The van der Waals surface area contributed by atoms with E-state index in [9.17, 15) is 35.5 Å². The largest absolute Gasteiger partial charge is 0.449 e. The molecule has 0 bridgehead atoms. The molecule has 1 aromatic carbocycles. The van der Waals surface area contributed by atoms with Gasteiger partial charge in [0.1, 0.15) is 5.82 Å². The molecule has 1 amide bonds. The van der Waals surface area contributed by atoms with Crippen molar-refractivity contribution in [1.82, 2.24) is 5.32 Å². The first-order valence-electron chi connectivity index (χ1n) is 5.91. The van der Waals surface area contributed by atoms with Crippen molar-refractivity contribution in [3.05, 3.63) is 34.6 Å². The molecule has 1 fully saturated rings. The van der Waals surface area contributed by atoms with Crippen LogP contribution in [0.3, 0.4) is 0 Å². The summed E-state index contributed by atoms with van der Waals surface area (Å²) in [5, 5.41) is 1.96. The van der Waals surface area contributed by atoms with Gasteiger partial charge in [-0.3, -0.25) is 0 Å². The number of alkyl halides is 6. The molecule has 0 saturated carbocycles. The quantitative estimate of drug-likeness (QED) is 0.744. The van der Waals surface area contributed by atoms with Gasteiger partial charge in [-0.05, 0) is 12.1 Å². The molecule has 130 valence electrons. The van der Waals surface area contributed by atoms with E-state index in [0.717, 1.165) is 0 Å². The topological polar surface area (TPSA) is 38.3 Å². The van der Waals surface area contributed by atoms with E-state index in [1.54, 1.807) is 0 Å². The van der Waals surface area contributed by atoms with Crippen LogP contribution < -0.4 is 5.32 Å². The van der Waals surface area contributed by atoms with E-state index in [2.05, 4.69) is 4.74 Å². The highest BCUT2D eigenvalue weighted by Crippen LogP contribution is 2.41. The summed E-state index contributed by atoms with van der Waals surface area (Å²) in [6, 6.07) is -1.60. The van der Waals surface area contributed by atoms with Crippen molar-refractivity contribution in [2.45, 2.75) is 24.8 Å². The number of amides is 1. The highest BCUT2D eigenvalue weighted by molar-refractivity contribution is 5.85. The van der Waals surface area contributed by atoms with Gasteiger partial charge in [0.25, 0.3) is 0 Å². The van der Waals surface area contributed by atoms with Crippen molar-refractivity contribution in [2.24, 2.45) is 0 Å². The van der Waals surface area contributed by atoms with E-state index in [4.69, 9.17) is 0 Å². The van der Waals surface area contributed by atoms with Crippen LogP contribution >= 0.6 is 12.4 Å². The maximum atomic E-state index is 13.9. The van der Waals surface area contributed by atoms with Gasteiger partial charge in [0.2, 0.25) is 0 Å². The molecular formula is C12H9ClF7NO2. The SMILES string of the molecule is Cl.O=C1N[C@@H](c2c(F)cc(C(F)(F)F)cc2C(F)(F)F)CCO1. The summed E-state index contributed by atoms with van der Waals surface area (Å²) in [4.78, 5) is 11.0. The van der Waals surface area contributed by atoms with Crippen LogP contribution in [0, 0.1) is 5.82 Å². The number of carbonyl (C=O) groups is 1. The van der Waals surface area contributed by atoms with Gasteiger partial charge in [0, 0.05) is 12.0 Å². The van der Waals surface area contributed by atoms with Crippen LogP contribution in [0.5, 0.6) is 0 Å². The predicted molar refractivity (Wildman–Crippen MR) is 65.5 cm³/mol. The highest BCUT2D eigenvalue weighted by Gasteiger charge is 2.42.